The van der Waals surface area contributed by atoms with Crippen LogP contribution in [0.15, 0.2) is 70.0 Å². The van der Waals surface area contributed by atoms with Gasteiger partial charge in [-0.25, -0.2) is 13.6 Å². The van der Waals surface area contributed by atoms with Gasteiger partial charge in [-0.15, -0.1) is 0 Å². The van der Waals surface area contributed by atoms with Crippen LogP contribution in [-0.2, 0) is 10.0 Å². The van der Waals surface area contributed by atoms with E-state index in [0.29, 0.717) is 11.3 Å². The lowest BCUT2D eigenvalue weighted by Crippen LogP contribution is -2.15. The molecule has 1 amide bonds. The van der Waals surface area contributed by atoms with Gasteiger partial charge in [0.15, 0.2) is 5.76 Å². The predicted octanol–water partition coefficient (Wildman–Crippen LogP) is 3.79. The SMILES string of the molecule is Cc1c(C(=O)Nc2cccc(S(N)(=O)=O)c2)oc2c1ccc1ccccc12. The number of nitrogens with one attached hydrogen (secondary N) is 1. The minimum Gasteiger partial charge on any atom is -0.450 e. The van der Waals surface area contributed by atoms with Crippen LogP contribution in [0.25, 0.3) is 21.7 Å². The maximum absolute atomic E-state index is 12.7. The summed E-state index contributed by atoms with van der Waals surface area (Å²) in [5.41, 5.74) is 1.68. The van der Waals surface area contributed by atoms with Gasteiger partial charge in [-0.3, -0.25) is 4.79 Å². The molecule has 6 nitrogen and oxygen atoms in total. The van der Waals surface area contributed by atoms with Crippen molar-refractivity contribution in [2.24, 2.45) is 5.14 Å². The van der Waals surface area contributed by atoms with E-state index in [9.17, 15) is 13.2 Å². The first kappa shape index (κ1) is 17.3. The first-order valence-electron chi connectivity index (χ1n) is 8.19. The summed E-state index contributed by atoms with van der Waals surface area (Å²) in [6, 6.07) is 17.4. The zero-order chi connectivity index (χ0) is 19.2. The van der Waals surface area contributed by atoms with Crippen molar-refractivity contribution in [1.29, 1.82) is 0 Å². The average Bonchev–Trinajstić information content (AvgIpc) is 2.99. The standard InChI is InChI=1S/C20H16N2O4S/c1-12-16-10-9-13-5-2-3-8-17(13)19(16)26-18(12)20(23)22-14-6-4-7-15(11-14)27(21,24)25/h2-11H,1H3,(H,22,23)(H2,21,24,25). The molecule has 3 N–H and O–H groups in total. The van der Waals surface area contributed by atoms with Gasteiger partial charge in [0.25, 0.3) is 5.91 Å². The van der Waals surface area contributed by atoms with Crippen molar-refractivity contribution in [3.63, 3.8) is 0 Å². The molecular formula is C20H16N2O4S. The molecule has 0 spiro atoms. The molecule has 4 rings (SSSR count). The Bertz CT molecular complexity index is 1310. The van der Waals surface area contributed by atoms with Crippen LogP contribution in [0.4, 0.5) is 5.69 Å². The number of primary sulfonamides is 1. The van der Waals surface area contributed by atoms with Crippen molar-refractivity contribution in [2.75, 3.05) is 5.32 Å². The molecule has 0 aliphatic rings. The molecule has 27 heavy (non-hydrogen) atoms. The summed E-state index contributed by atoms with van der Waals surface area (Å²) in [5, 5.41) is 10.6. The summed E-state index contributed by atoms with van der Waals surface area (Å²) in [4.78, 5) is 12.6. The van der Waals surface area contributed by atoms with Crippen molar-refractivity contribution in [3.8, 4) is 0 Å². The Morgan fingerprint density at radius 2 is 1.78 bits per heavy atom. The Kier molecular flexibility index (Phi) is 3.98. The zero-order valence-corrected chi connectivity index (χ0v) is 15.2. The highest BCUT2D eigenvalue weighted by Gasteiger charge is 2.19. The van der Waals surface area contributed by atoms with Gasteiger partial charge in [0.05, 0.1) is 4.90 Å². The number of fused-ring (bicyclic) bond motifs is 3. The third-order valence-corrected chi connectivity index (χ3v) is 5.37. The van der Waals surface area contributed by atoms with E-state index in [1.165, 1.54) is 18.2 Å². The van der Waals surface area contributed by atoms with E-state index < -0.39 is 15.9 Å². The first-order valence-corrected chi connectivity index (χ1v) is 9.74. The minimum absolute atomic E-state index is 0.0763. The molecule has 1 aromatic heterocycles. The zero-order valence-electron chi connectivity index (χ0n) is 14.4. The van der Waals surface area contributed by atoms with Gasteiger partial charge in [-0.1, -0.05) is 42.5 Å². The number of carbonyl (C=O) groups excluding carboxylic acids is 1. The number of hydrogen-bond donors (Lipinski definition) is 2. The second-order valence-electron chi connectivity index (χ2n) is 6.25. The molecule has 0 bridgehead atoms. The summed E-state index contributed by atoms with van der Waals surface area (Å²) >= 11 is 0. The van der Waals surface area contributed by atoms with Crippen molar-refractivity contribution in [1.82, 2.24) is 0 Å². The van der Waals surface area contributed by atoms with Crippen molar-refractivity contribution in [2.45, 2.75) is 11.8 Å². The van der Waals surface area contributed by atoms with Crippen molar-refractivity contribution in [3.05, 3.63) is 72.0 Å². The monoisotopic (exact) mass is 380 g/mol. The summed E-state index contributed by atoms with van der Waals surface area (Å²) < 4.78 is 28.9. The van der Waals surface area contributed by atoms with Gasteiger partial charge in [-0.05, 0) is 30.5 Å². The van der Waals surface area contributed by atoms with Gasteiger partial charge in [0.2, 0.25) is 10.0 Å². The number of nitrogens with two attached hydrogens (primary N) is 1. The number of anilines is 1. The van der Waals surface area contributed by atoms with Crippen LogP contribution < -0.4 is 10.5 Å². The Morgan fingerprint density at radius 3 is 2.56 bits per heavy atom. The normalized spacial score (nSPS) is 11.8. The third kappa shape index (κ3) is 3.07. The molecule has 0 unspecified atom stereocenters. The summed E-state index contributed by atoms with van der Waals surface area (Å²) in [6.45, 7) is 1.82. The van der Waals surface area contributed by atoms with Crippen LogP contribution in [0.3, 0.4) is 0 Å². The molecular weight excluding hydrogens is 364 g/mol. The molecule has 0 saturated carbocycles. The Morgan fingerprint density at radius 1 is 1.00 bits per heavy atom. The quantitative estimate of drug-likeness (QED) is 0.564. The second kappa shape index (κ2) is 6.22. The molecule has 0 radical (unpaired) electrons. The van der Waals surface area contributed by atoms with Gasteiger partial charge < -0.3 is 9.73 Å². The Hall–Kier alpha value is -3.16. The maximum Gasteiger partial charge on any atom is 0.291 e. The number of rotatable bonds is 3. The molecule has 3 aromatic carbocycles. The van der Waals surface area contributed by atoms with Crippen LogP contribution in [0.5, 0.6) is 0 Å². The molecule has 0 saturated heterocycles. The van der Waals surface area contributed by atoms with E-state index in [1.54, 1.807) is 6.07 Å². The number of sulfonamides is 1. The lowest BCUT2D eigenvalue weighted by molar-refractivity contribution is 0.0998. The highest BCUT2D eigenvalue weighted by Crippen LogP contribution is 2.32. The van der Waals surface area contributed by atoms with E-state index >= 15 is 0 Å². The molecule has 1 heterocycles. The fourth-order valence-electron chi connectivity index (χ4n) is 3.10. The van der Waals surface area contributed by atoms with E-state index in [1.807, 2.05) is 43.3 Å². The number of amides is 1. The Labute approximate surface area is 155 Å². The van der Waals surface area contributed by atoms with Crippen LogP contribution in [0, 0.1) is 6.92 Å². The fraction of sp³-hybridized carbons (Fsp3) is 0.0500. The number of benzene rings is 3. The van der Waals surface area contributed by atoms with Crippen molar-refractivity contribution >= 4 is 43.4 Å². The van der Waals surface area contributed by atoms with Gasteiger partial charge in [0.1, 0.15) is 5.58 Å². The van der Waals surface area contributed by atoms with E-state index in [4.69, 9.17) is 9.56 Å². The van der Waals surface area contributed by atoms with E-state index in [0.717, 1.165) is 21.7 Å². The van der Waals surface area contributed by atoms with Crippen LogP contribution in [-0.4, -0.2) is 14.3 Å². The smallest absolute Gasteiger partial charge is 0.291 e. The second-order valence-corrected chi connectivity index (χ2v) is 7.81. The summed E-state index contributed by atoms with van der Waals surface area (Å²) in [6.07, 6.45) is 0. The number of hydrogen-bond acceptors (Lipinski definition) is 4. The van der Waals surface area contributed by atoms with Crippen LogP contribution in [0.2, 0.25) is 0 Å². The van der Waals surface area contributed by atoms with E-state index in [-0.39, 0.29) is 10.7 Å². The van der Waals surface area contributed by atoms with Crippen LogP contribution in [0.1, 0.15) is 16.1 Å². The molecule has 0 atom stereocenters. The average molecular weight is 380 g/mol. The fourth-order valence-corrected chi connectivity index (χ4v) is 3.66. The number of furan rings is 1. The number of aryl methyl sites for hydroxylation is 1. The van der Waals surface area contributed by atoms with Gasteiger partial charge in [-0.2, -0.15) is 0 Å². The largest absolute Gasteiger partial charge is 0.450 e. The lowest BCUT2D eigenvalue weighted by atomic mass is 10.1. The topological polar surface area (TPSA) is 102 Å². The molecule has 7 heteroatoms. The Balaban J connectivity index is 1.75. The van der Waals surface area contributed by atoms with Crippen molar-refractivity contribution < 1.29 is 17.6 Å². The predicted molar refractivity (Wildman–Crippen MR) is 104 cm³/mol. The minimum atomic E-state index is -3.85. The molecule has 4 aromatic rings. The van der Waals surface area contributed by atoms with Gasteiger partial charge >= 0.3 is 0 Å². The van der Waals surface area contributed by atoms with Gasteiger partial charge in [0, 0.05) is 22.0 Å². The molecule has 0 aliphatic carbocycles. The van der Waals surface area contributed by atoms with E-state index in [2.05, 4.69) is 5.32 Å². The van der Waals surface area contributed by atoms with Crippen LogP contribution >= 0.6 is 0 Å². The molecule has 0 aliphatic heterocycles. The third-order valence-electron chi connectivity index (χ3n) is 4.45. The maximum atomic E-state index is 12.7. The number of carbonyl (C=O) groups is 1. The highest BCUT2D eigenvalue weighted by atomic mass is 32.2. The first-order chi connectivity index (χ1) is 12.8. The highest BCUT2D eigenvalue weighted by molar-refractivity contribution is 7.89. The summed E-state index contributed by atoms with van der Waals surface area (Å²) in [5.74, 6) is -0.276. The lowest BCUT2D eigenvalue weighted by Gasteiger charge is -2.05. The molecule has 136 valence electrons. The molecule has 0 fully saturated rings. The summed E-state index contributed by atoms with van der Waals surface area (Å²) in [7, 11) is -3.85.